The van der Waals surface area contributed by atoms with Gasteiger partial charge in [0.2, 0.25) is 0 Å². The summed E-state index contributed by atoms with van der Waals surface area (Å²) in [7, 11) is -0.0401. The van der Waals surface area contributed by atoms with Crippen LogP contribution in [-0.4, -0.2) is 6.03 Å². The lowest BCUT2D eigenvalue weighted by Gasteiger charge is -1.55. The van der Waals surface area contributed by atoms with Gasteiger partial charge in [-0.1, -0.05) is 0 Å². The average Bonchev–Trinajstić information content (AvgIpc) is 1.37. The summed E-state index contributed by atoms with van der Waals surface area (Å²) in [6.45, 7) is 0. The van der Waals surface area contributed by atoms with E-state index in [1.807, 2.05) is 0 Å². The Kier molecular flexibility index (Phi) is 3.11. The Morgan fingerprint density at radius 2 is 2.25 bits per heavy atom. The monoisotopic (exact) mass is 77.0 g/mol. The SMILES string of the molecule is NPC=O. The highest BCUT2D eigenvalue weighted by Crippen LogP contribution is 1.78. The van der Waals surface area contributed by atoms with Crippen molar-refractivity contribution < 1.29 is 4.79 Å². The predicted octanol–water partition coefficient (Wildman–Crippen LogP) is -0.271. The Labute approximate surface area is 26.2 Å². The highest BCUT2D eigenvalue weighted by molar-refractivity contribution is 7.52. The smallest absolute Gasteiger partial charge is 0.153 e. The fourth-order valence-electron chi connectivity index (χ4n) is 0. The van der Waals surface area contributed by atoms with Gasteiger partial charge in [-0.3, -0.25) is 4.79 Å². The van der Waals surface area contributed by atoms with Crippen molar-refractivity contribution in [2.24, 2.45) is 5.50 Å². The van der Waals surface area contributed by atoms with Crippen molar-refractivity contribution in [1.82, 2.24) is 0 Å². The van der Waals surface area contributed by atoms with Gasteiger partial charge < -0.3 is 5.50 Å². The number of hydrogen-bond acceptors (Lipinski definition) is 2. The van der Waals surface area contributed by atoms with Gasteiger partial charge in [0, 0.05) is 8.73 Å². The van der Waals surface area contributed by atoms with Gasteiger partial charge in [0.15, 0.2) is 6.03 Å². The minimum Gasteiger partial charge on any atom is -0.306 e. The van der Waals surface area contributed by atoms with Crippen LogP contribution in [0, 0.1) is 0 Å². The van der Waals surface area contributed by atoms with Gasteiger partial charge in [-0.2, -0.15) is 0 Å². The summed E-state index contributed by atoms with van der Waals surface area (Å²) in [5.41, 5.74) is 4.69. The second kappa shape index (κ2) is 3.06. The number of carbonyl (C=O) groups excluding carboxylic acids is 1. The first-order valence-electron chi connectivity index (χ1n) is 0.813. The molecule has 0 bridgehead atoms. The van der Waals surface area contributed by atoms with E-state index >= 15 is 0 Å². The van der Waals surface area contributed by atoms with E-state index < -0.39 is 0 Å². The summed E-state index contributed by atoms with van der Waals surface area (Å²) in [5.74, 6) is 0. The van der Waals surface area contributed by atoms with Crippen LogP contribution in [0.5, 0.6) is 0 Å². The third-order valence-electron chi connectivity index (χ3n) is 0.0680. The lowest BCUT2D eigenvalue weighted by molar-refractivity contribution is 0.569. The van der Waals surface area contributed by atoms with Crippen LogP contribution in [-0.2, 0) is 4.79 Å². The van der Waals surface area contributed by atoms with E-state index in [1.165, 1.54) is 0 Å². The quantitative estimate of drug-likeness (QED) is 0.345. The third-order valence-corrected chi connectivity index (χ3v) is 0.204. The molecule has 0 aliphatic carbocycles. The van der Waals surface area contributed by atoms with Crippen LogP contribution in [0.25, 0.3) is 0 Å². The molecule has 0 radical (unpaired) electrons. The molecule has 0 heterocycles. The lowest BCUT2D eigenvalue weighted by atomic mass is 11.8. The van der Waals surface area contributed by atoms with Crippen LogP contribution in [0.3, 0.4) is 0 Å². The number of rotatable bonds is 1. The minimum atomic E-state index is -0.0401. The molecule has 1 atom stereocenters. The molecule has 0 aromatic carbocycles. The molecule has 0 saturated heterocycles. The Balaban J connectivity index is 2.30. The van der Waals surface area contributed by atoms with Gasteiger partial charge in [-0.15, -0.1) is 0 Å². The fourth-order valence-corrected chi connectivity index (χ4v) is 0. The summed E-state index contributed by atoms with van der Waals surface area (Å²) in [4.78, 5) is 9.06. The van der Waals surface area contributed by atoms with Gasteiger partial charge in [-0.05, 0) is 0 Å². The lowest BCUT2D eigenvalue weighted by Crippen LogP contribution is -1.66. The van der Waals surface area contributed by atoms with Gasteiger partial charge in [-0.25, -0.2) is 0 Å². The van der Waals surface area contributed by atoms with E-state index in [4.69, 9.17) is 4.79 Å². The van der Waals surface area contributed by atoms with E-state index in [-0.39, 0.29) is 8.73 Å². The standard InChI is InChI=1S/CH4NOP/c2-4-1-3/h1,4H,2H2. The molecule has 0 aliphatic rings. The number of nitrogens with two attached hydrogens (primary N) is 1. The zero-order chi connectivity index (χ0) is 3.41. The maximum absolute atomic E-state index is 9.06. The first kappa shape index (κ1) is 4.06. The van der Waals surface area contributed by atoms with Crippen LogP contribution >= 0.6 is 8.73 Å². The molecule has 0 saturated carbocycles. The van der Waals surface area contributed by atoms with Crippen LogP contribution in [0.2, 0.25) is 0 Å². The molecule has 0 spiro atoms. The topological polar surface area (TPSA) is 43.1 Å². The van der Waals surface area contributed by atoms with Crippen LogP contribution in [0.15, 0.2) is 0 Å². The van der Waals surface area contributed by atoms with Crippen LogP contribution in [0.1, 0.15) is 0 Å². The maximum Gasteiger partial charge on any atom is 0.153 e. The molecule has 4 heavy (non-hydrogen) atoms. The van der Waals surface area contributed by atoms with Crippen molar-refractivity contribution in [1.29, 1.82) is 0 Å². The number of carbonyl (C=O) groups is 1. The molecule has 1 unspecified atom stereocenters. The van der Waals surface area contributed by atoms with Gasteiger partial charge >= 0.3 is 0 Å². The zero-order valence-corrected chi connectivity index (χ0v) is 3.06. The Morgan fingerprint density at radius 1 is 2.00 bits per heavy atom. The van der Waals surface area contributed by atoms with Crippen LogP contribution in [0.4, 0.5) is 0 Å². The molecule has 2 N–H and O–H groups in total. The molecular formula is CH4NOP. The first-order chi connectivity index (χ1) is 1.91. The second-order valence-corrected chi connectivity index (χ2v) is 0.854. The highest BCUT2D eigenvalue weighted by Gasteiger charge is 1.50. The van der Waals surface area contributed by atoms with Crippen molar-refractivity contribution in [2.45, 2.75) is 0 Å². The molecule has 0 fully saturated rings. The van der Waals surface area contributed by atoms with E-state index in [0.717, 1.165) is 0 Å². The molecule has 24 valence electrons. The molecule has 3 heteroatoms. The Morgan fingerprint density at radius 3 is 2.25 bits per heavy atom. The van der Waals surface area contributed by atoms with E-state index in [2.05, 4.69) is 5.50 Å². The summed E-state index contributed by atoms with van der Waals surface area (Å²) < 4.78 is 0. The molecule has 0 aromatic rings. The minimum absolute atomic E-state index is 0.0401. The van der Waals surface area contributed by atoms with E-state index in [9.17, 15) is 0 Å². The molecule has 2 nitrogen and oxygen atoms in total. The largest absolute Gasteiger partial charge is 0.306 e. The molecule has 0 amide bonds. The second-order valence-electron chi connectivity index (χ2n) is 0.285. The number of hydrogen-bond donors (Lipinski definition) is 1. The van der Waals surface area contributed by atoms with Crippen molar-refractivity contribution >= 4 is 14.8 Å². The van der Waals surface area contributed by atoms with Gasteiger partial charge in [0.25, 0.3) is 0 Å². The van der Waals surface area contributed by atoms with Gasteiger partial charge in [0.05, 0.1) is 0 Å². The van der Waals surface area contributed by atoms with E-state index in [0.29, 0.717) is 6.03 Å². The van der Waals surface area contributed by atoms with Crippen molar-refractivity contribution in [3.63, 3.8) is 0 Å². The highest BCUT2D eigenvalue weighted by atomic mass is 31.1. The maximum atomic E-state index is 9.06. The normalized spacial score (nSPS) is 9.25. The van der Waals surface area contributed by atoms with Crippen molar-refractivity contribution in [3.8, 4) is 0 Å². The molecular weight excluding hydrogens is 73.0 g/mol. The molecule has 0 aliphatic heterocycles. The van der Waals surface area contributed by atoms with Gasteiger partial charge in [0.1, 0.15) is 0 Å². The summed E-state index contributed by atoms with van der Waals surface area (Å²) >= 11 is 0. The third kappa shape index (κ3) is 2.06. The predicted molar refractivity (Wildman–Crippen MR) is 19.3 cm³/mol. The van der Waals surface area contributed by atoms with E-state index in [1.54, 1.807) is 0 Å². The summed E-state index contributed by atoms with van der Waals surface area (Å²) in [6.07, 6.45) is 0. The summed E-state index contributed by atoms with van der Waals surface area (Å²) in [6, 6.07) is 0.681. The van der Waals surface area contributed by atoms with Crippen LogP contribution < -0.4 is 5.50 Å². The summed E-state index contributed by atoms with van der Waals surface area (Å²) in [5, 5.41) is 0. The van der Waals surface area contributed by atoms with Crippen molar-refractivity contribution in [3.05, 3.63) is 0 Å². The first-order valence-corrected chi connectivity index (χ1v) is 1.97. The van der Waals surface area contributed by atoms with Crippen molar-refractivity contribution in [2.75, 3.05) is 0 Å². The average molecular weight is 77.0 g/mol. The molecule has 0 rings (SSSR count). The molecule has 0 aromatic heterocycles. The Bertz CT molecular complexity index is 22.0. The fraction of sp³-hybridized carbons (Fsp3) is 0. The zero-order valence-electron chi connectivity index (χ0n) is 2.06. The Hall–Kier alpha value is 0.0600.